The third-order valence-electron chi connectivity index (χ3n) is 12.3. The minimum absolute atomic E-state index is 0.00367. The lowest BCUT2D eigenvalue weighted by atomic mass is 9.73. The normalized spacial score (nSPS) is 12.3. The Morgan fingerprint density at radius 3 is 1.19 bits per heavy atom. The number of hydrogen-bond donors (Lipinski definition) is 4. The van der Waals surface area contributed by atoms with Crippen molar-refractivity contribution in [2.75, 3.05) is 7.11 Å². The van der Waals surface area contributed by atoms with Gasteiger partial charge in [-0.15, -0.1) is 8.67 Å². The first-order valence-corrected chi connectivity index (χ1v) is 27.6. The molecule has 0 unspecified atom stereocenters. The van der Waals surface area contributed by atoms with E-state index in [0.29, 0.717) is 58.1 Å². The molecule has 0 heterocycles. The highest BCUT2D eigenvalue weighted by Gasteiger charge is 2.72. The first kappa shape index (κ1) is 59.9. The quantitative estimate of drug-likeness (QED) is 0.0163. The van der Waals surface area contributed by atoms with Crippen molar-refractivity contribution in [2.24, 2.45) is 0 Å². The molecule has 0 aromatic heterocycles. The van der Waals surface area contributed by atoms with Crippen molar-refractivity contribution in [2.45, 2.75) is 57.1 Å². The molecule has 16 nitrogen and oxygen atoms in total. The Morgan fingerprint density at radius 1 is 0.444 bits per heavy atom. The summed E-state index contributed by atoms with van der Waals surface area (Å²) in [6.07, 6.45) is -11.5. The number of aryl methyl sites for hydroxylation is 1. The van der Waals surface area contributed by atoms with Crippen molar-refractivity contribution in [1.29, 1.82) is 0 Å². The van der Waals surface area contributed by atoms with Crippen molar-refractivity contribution in [1.82, 2.24) is 0 Å². The van der Waals surface area contributed by atoms with Crippen molar-refractivity contribution in [3.63, 3.8) is 0 Å². The SMILES string of the molecule is COc1ccc(C(c2ccc(Oc3ccc(Cc4ccc(Oc5ccc(-c6ccc(Oc7ccc(Cc8ccc(C)c(SOOO)c8)cc7S(=O)(=O)O)cc6)cc5)c(SOOO)c4)cc3S(=O)(=O)O)cc2)(C(F)(F)F)C(F)(F)F)cc1. The largest absolute Gasteiger partial charge is 0.497 e. The molecule has 0 aliphatic carbocycles. The van der Waals surface area contributed by atoms with E-state index in [0.717, 1.165) is 70.7 Å². The average molecular weight is 1200 g/mol. The zero-order chi connectivity index (χ0) is 58.3. The summed E-state index contributed by atoms with van der Waals surface area (Å²) in [5, 5.41) is 25.0. The maximum absolute atomic E-state index is 14.7. The molecule has 8 aromatic rings. The molecule has 8 aromatic carbocycles. The van der Waals surface area contributed by atoms with Gasteiger partial charge in [0, 0.05) is 4.90 Å². The van der Waals surface area contributed by atoms with Gasteiger partial charge >= 0.3 is 12.4 Å². The first-order chi connectivity index (χ1) is 38.4. The van der Waals surface area contributed by atoms with Gasteiger partial charge in [-0.2, -0.15) is 43.2 Å². The Balaban J connectivity index is 0.946. The summed E-state index contributed by atoms with van der Waals surface area (Å²) in [5.74, 6) is -0.123. The molecule has 424 valence electrons. The van der Waals surface area contributed by atoms with Crippen LogP contribution in [0.1, 0.15) is 38.9 Å². The fourth-order valence-electron chi connectivity index (χ4n) is 8.54. The molecule has 0 bridgehead atoms. The van der Waals surface area contributed by atoms with Crippen LogP contribution in [-0.4, -0.2) is 55.9 Å². The molecule has 0 saturated heterocycles. The van der Waals surface area contributed by atoms with E-state index in [9.17, 15) is 52.3 Å². The predicted octanol–water partition coefficient (Wildman–Crippen LogP) is 15.0. The lowest BCUT2D eigenvalue weighted by Crippen LogP contribution is -2.54. The predicted molar refractivity (Wildman–Crippen MR) is 281 cm³/mol. The maximum atomic E-state index is 14.7. The average Bonchev–Trinajstić information content (AvgIpc) is 3.39. The molecule has 0 radical (unpaired) electrons. The fourth-order valence-corrected chi connectivity index (χ4v) is 10.9. The van der Waals surface area contributed by atoms with Crippen LogP contribution >= 0.6 is 24.1 Å². The third-order valence-corrected chi connectivity index (χ3v) is 15.5. The number of rotatable bonds is 22. The monoisotopic (exact) mass is 1200 g/mol. The van der Waals surface area contributed by atoms with E-state index in [1.165, 1.54) is 25.3 Å². The van der Waals surface area contributed by atoms with E-state index < -0.39 is 64.7 Å². The molecule has 8 rings (SSSR count). The van der Waals surface area contributed by atoms with Crippen LogP contribution in [0.4, 0.5) is 26.3 Å². The van der Waals surface area contributed by atoms with Crippen molar-refractivity contribution in [3.05, 3.63) is 209 Å². The summed E-state index contributed by atoms with van der Waals surface area (Å²) >= 11 is 1.35. The summed E-state index contributed by atoms with van der Waals surface area (Å²) in [7, 11) is -8.59. The minimum Gasteiger partial charge on any atom is -0.497 e. The second kappa shape index (κ2) is 24.9. The summed E-state index contributed by atoms with van der Waals surface area (Å²) in [5.41, 5.74) is -2.39. The Labute approximate surface area is 467 Å². The van der Waals surface area contributed by atoms with Gasteiger partial charge < -0.3 is 18.9 Å². The minimum atomic E-state index is -5.89. The molecule has 0 aliphatic rings. The highest BCUT2D eigenvalue weighted by atomic mass is 32.2. The molecular weight excluding hydrogens is 1160 g/mol. The topological polar surface area (TPSA) is 223 Å². The Bertz CT molecular complexity index is 3720. The molecule has 4 N–H and O–H groups in total. The van der Waals surface area contributed by atoms with Crippen molar-refractivity contribution < 1.29 is 100 Å². The number of ether oxygens (including phenoxy) is 4. The summed E-state index contributed by atoms with van der Waals surface area (Å²) in [4.78, 5) is -0.304. The summed E-state index contributed by atoms with van der Waals surface area (Å²) in [6, 6.07) is 37.6. The van der Waals surface area contributed by atoms with Crippen LogP contribution < -0.4 is 18.9 Å². The van der Waals surface area contributed by atoms with Crippen LogP contribution in [0.15, 0.2) is 189 Å². The van der Waals surface area contributed by atoms with E-state index in [-0.39, 0.29) is 52.0 Å². The van der Waals surface area contributed by atoms with Gasteiger partial charge in [0.1, 0.15) is 50.0 Å². The second-order valence-corrected chi connectivity index (χ2v) is 21.8. The molecule has 0 spiro atoms. The Morgan fingerprint density at radius 2 is 0.790 bits per heavy atom. The van der Waals surface area contributed by atoms with E-state index in [4.69, 9.17) is 33.8 Å². The van der Waals surface area contributed by atoms with Crippen LogP contribution in [0.3, 0.4) is 0 Å². The lowest BCUT2D eigenvalue weighted by Gasteiger charge is -2.38. The molecular formula is C55H42F6O16S4. The van der Waals surface area contributed by atoms with Gasteiger partial charge in [0.05, 0.1) is 36.1 Å². The summed E-state index contributed by atoms with van der Waals surface area (Å²) in [6.45, 7) is 1.83. The number of halogens is 6. The van der Waals surface area contributed by atoms with E-state index in [1.807, 2.05) is 19.1 Å². The van der Waals surface area contributed by atoms with Crippen LogP contribution in [0, 0.1) is 6.92 Å². The molecule has 0 saturated carbocycles. The smallest absolute Gasteiger partial charge is 0.411 e. The number of alkyl halides is 6. The van der Waals surface area contributed by atoms with Gasteiger partial charge in [0.25, 0.3) is 20.2 Å². The molecule has 81 heavy (non-hydrogen) atoms. The van der Waals surface area contributed by atoms with Crippen LogP contribution in [0.2, 0.25) is 0 Å². The molecule has 0 aliphatic heterocycles. The van der Waals surface area contributed by atoms with Gasteiger partial charge in [-0.25, -0.2) is 10.5 Å². The Kier molecular flexibility index (Phi) is 18.4. The zero-order valence-corrected chi connectivity index (χ0v) is 44.9. The zero-order valence-electron chi connectivity index (χ0n) is 41.7. The lowest BCUT2D eigenvalue weighted by molar-refractivity contribution is -0.432. The molecule has 0 fully saturated rings. The maximum Gasteiger partial charge on any atom is 0.411 e. The molecule has 26 heteroatoms. The molecule has 0 amide bonds. The van der Waals surface area contributed by atoms with Gasteiger partial charge in [-0.05, 0) is 161 Å². The highest BCUT2D eigenvalue weighted by Crippen LogP contribution is 2.56. The number of methoxy groups -OCH3 is 1. The fraction of sp³-hybridized carbons (Fsp3) is 0.127. The standard InChI is InChI=1S/C55H42F6O16S4/c1-33-3-4-34(29-49(33)78-76-74-62)27-36-6-25-47(51(31-36)80(64,65)66)72-44-18-10-39(11-19-44)38-8-16-43(17-9-38)71-46-24-5-35(30-50(46)79-77-75-63)28-37-7-26-48(52(32-37)81(67,68)69)73-45-22-14-41(15-23-45)53(54(56,57)58,55(59,60)61)40-12-20-42(70-2)21-13-40/h3-26,29-32,62-63H,27-28H2,1-2H3,(H,64,65,66)(H,67,68,69). The van der Waals surface area contributed by atoms with Crippen LogP contribution in [-0.2, 0) is 57.2 Å². The van der Waals surface area contributed by atoms with E-state index in [1.54, 1.807) is 78.9 Å². The van der Waals surface area contributed by atoms with E-state index in [2.05, 4.69) is 14.4 Å². The van der Waals surface area contributed by atoms with E-state index >= 15 is 0 Å². The first-order valence-electron chi connectivity index (χ1n) is 23.3. The summed E-state index contributed by atoms with van der Waals surface area (Å²) < 4.78 is 191. The van der Waals surface area contributed by atoms with Crippen LogP contribution in [0.25, 0.3) is 11.1 Å². The van der Waals surface area contributed by atoms with Gasteiger partial charge in [0.15, 0.2) is 0 Å². The van der Waals surface area contributed by atoms with Gasteiger partial charge in [0.2, 0.25) is 5.41 Å². The van der Waals surface area contributed by atoms with Gasteiger partial charge in [-0.3, -0.25) is 9.11 Å². The third kappa shape index (κ3) is 14.1. The van der Waals surface area contributed by atoms with Crippen molar-refractivity contribution >= 4 is 44.3 Å². The van der Waals surface area contributed by atoms with Crippen LogP contribution in [0.5, 0.6) is 40.2 Å². The second-order valence-electron chi connectivity index (χ2n) is 17.6. The molecule has 0 atom stereocenters. The van der Waals surface area contributed by atoms with Gasteiger partial charge in [-0.1, -0.05) is 88.9 Å². The van der Waals surface area contributed by atoms with Crippen molar-refractivity contribution in [3.8, 4) is 51.4 Å². The highest BCUT2D eigenvalue weighted by molar-refractivity contribution is 7.94. The number of benzene rings is 8. The number of hydrogen-bond acceptors (Lipinski definition) is 16. The Hall–Kier alpha value is -7.18.